The number of amides is 1. The van der Waals surface area contributed by atoms with E-state index >= 15 is 0 Å². The Morgan fingerprint density at radius 2 is 1.90 bits per heavy atom. The van der Waals surface area contributed by atoms with Crippen LogP contribution in [0.2, 0.25) is 5.02 Å². The van der Waals surface area contributed by atoms with E-state index in [9.17, 15) is 4.79 Å². The van der Waals surface area contributed by atoms with Crippen LogP contribution in [0.25, 0.3) is 0 Å². The minimum Gasteiger partial charge on any atom is -0.366 e. The largest absolute Gasteiger partial charge is 0.366 e. The Morgan fingerprint density at radius 3 is 2.60 bits per heavy atom. The lowest BCUT2D eigenvalue weighted by Gasteiger charge is -2.31. The van der Waals surface area contributed by atoms with Gasteiger partial charge in [-0.2, -0.15) is 0 Å². The van der Waals surface area contributed by atoms with Gasteiger partial charge in [0.1, 0.15) is 0 Å². The Morgan fingerprint density at radius 1 is 1.15 bits per heavy atom. The van der Waals surface area contributed by atoms with Crippen LogP contribution in [0.15, 0.2) is 42.5 Å². The van der Waals surface area contributed by atoms with Crippen molar-refractivity contribution in [2.75, 3.05) is 11.4 Å². The average Bonchev–Trinajstić information content (AvgIpc) is 2.46. The zero-order valence-corrected chi connectivity index (χ0v) is 11.7. The van der Waals surface area contributed by atoms with Gasteiger partial charge in [-0.1, -0.05) is 35.9 Å². The minimum atomic E-state index is -0.456. The second-order valence-electron chi connectivity index (χ2n) is 4.97. The van der Waals surface area contributed by atoms with E-state index in [0.717, 1.165) is 25.2 Å². The highest BCUT2D eigenvalue weighted by atomic mass is 35.5. The molecular weight excluding hydrogens is 272 g/mol. The normalized spacial score (nSPS) is 13.9. The van der Waals surface area contributed by atoms with Crippen molar-refractivity contribution in [3.8, 4) is 0 Å². The predicted molar refractivity (Wildman–Crippen MR) is 81.2 cm³/mol. The van der Waals surface area contributed by atoms with E-state index in [1.54, 1.807) is 12.1 Å². The summed E-state index contributed by atoms with van der Waals surface area (Å²) in [6.45, 7) is 1.76. The van der Waals surface area contributed by atoms with Crippen LogP contribution in [-0.4, -0.2) is 12.5 Å². The zero-order valence-electron chi connectivity index (χ0n) is 11.0. The molecule has 20 heavy (non-hydrogen) atoms. The Hall–Kier alpha value is -2.00. The van der Waals surface area contributed by atoms with Crippen LogP contribution in [0, 0.1) is 0 Å². The molecule has 2 N–H and O–H groups in total. The first-order valence-corrected chi connectivity index (χ1v) is 6.94. The maximum Gasteiger partial charge on any atom is 0.248 e. The molecular formula is C16H15ClN2O. The van der Waals surface area contributed by atoms with E-state index in [0.29, 0.717) is 10.6 Å². The molecule has 1 aliphatic rings. The van der Waals surface area contributed by atoms with E-state index in [2.05, 4.69) is 29.2 Å². The van der Waals surface area contributed by atoms with Crippen LogP contribution in [0.1, 0.15) is 21.5 Å². The summed E-state index contributed by atoms with van der Waals surface area (Å²) in [6.07, 6.45) is 1.00. The number of rotatable bonds is 2. The highest BCUT2D eigenvalue weighted by Gasteiger charge is 2.18. The SMILES string of the molecule is NC(=O)c1ccc(N2CCc3ccccc3C2)c(Cl)c1. The number of benzene rings is 2. The second-order valence-corrected chi connectivity index (χ2v) is 5.38. The van der Waals surface area contributed by atoms with Crippen LogP contribution in [0.3, 0.4) is 0 Å². The topological polar surface area (TPSA) is 46.3 Å². The molecule has 1 aliphatic heterocycles. The van der Waals surface area contributed by atoms with Crippen LogP contribution >= 0.6 is 11.6 Å². The molecule has 1 amide bonds. The Labute approximate surface area is 123 Å². The lowest BCUT2D eigenvalue weighted by atomic mass is 9.99. The molecule has 0 spiro atoms. The molecule has 2 aromatic carbocycles. The van der Waals surface area contributed by atoms with Gasteiger partial charge in [0.25, 0.3) is 0 Å². The first kappa shape index (κ1) is 13.0. The molecule has 102 valence electrons. The van der Waals surface area contributed by atoms with Crippen molar-refractivity contribution in [2.24, 2.45) is 5.73 Å². The first-order chi connectivity index (χ1) is 9.65. The molecule has 0 saturated carbocycles. The number of nitrogens with two attached hydrogens (primary N) is 1. The van der Waals surface area contributed by atoms with Crippen molar-refractivity contribution >= 4 is 23.2 Å². The number of halogens is 1. The minimum absolute atomic E-state index is 0.441. The van der Waals surface area contributed by atoms with Gasteiger partial charge in [-0.05, 0) is 35.7 Å². The highest BCUT2D eigenvalue weighted by Crippen LogP contribution is 2.31. The van der Waals surface area contributed by atoms with E-state index in [1.165, 1.54) is 11.1 Å². The summed E-state index contributed by atoms with van der Waals surface area (Å²) in [6, 6.07) is 13.7. The van der Waals surface area contributed by atoms with Gasteiger partial charge >= 0.3 is 0 Å². The molecule has 3 rings (SSSR count). The van der Waals surface area contributed by atoms with E-state index in [4.69, 9.17) is 17.3 Å². The molecule has 0 radical (unpaired) electrons. The number of carbonyl (C=O) groups is 1. The van der Waals surface area contributed by atoms with Crippen LogP contribution in [0.4, 0.5) is 5.69 Å². The number of hydrogen-bond acceptors (Lipinski definition) is 2. The van der Waals surface area contributed by atoms with Crippen molar-refractivity contribution in [2.45, 2.75) is 13.0 Å². The molecule has 4 heteroatoms. The summed E-state index contributed by atoms with van der Waals surface area (Å²) in [5, 5.41) is 0.570. The van der Waals surface area contributed by atoms with Crippen molar-refractivity contribution < 1.29 is 4.79 Å². The van der Waals surface area contributed by atoms with Gasteiger partial charge in [0.15, 0.2) is 0 Å². The fourth-order valence-electron chi connectivity index (χ4n) is 2.62. The summed E-state index contributed by atoms with van der Waals surface area (Å²) < 4.78 is 0. The summed E-state index contributed by atoms with van der Waals surface area (Å²) in [4.78, 5) is 13.4. The van der Waals surface area contributed by atoms with Crippen molar-refractivity contribution in [3.63, 3.8) is 0 Å². The Balaban J connectivity index is 1.90. The summed E-state index contributed by atoms with van der Waals surface area (Å²) in [5.74, 6) is -0.456. The standard InChI is InChI=1S/C16H15ClN2O/c17-14-9-12(16(18)20)5-6-15(14)19-8-7-11-3-1-2-4-13(11)10-19/h1-6,9H,7-8,10H2,(H2,18,20). The summed E-state index contributed by atoms with van der Waals surface area (Å²) in [5.41, 5.74) is 9.38. The molecule has 0 aliphatic carbocycles. The number of fused-ring (bicyclic) bond motifs is 1. The molecule has 1 heterocycles. The lowest BCUT2D eigenvalue weighted by molar-refractivity contribution is 0.100. The van der Waals surface area contributed by atoms with Gasteiger partial charge in [0.05, 0.1) is 10.7 Å². The third kappa shape index (κ3) is 2.37. The third-order valence-corrected chi connectivity index (χ3v) is 4.01. The highest BCUT2D eigenvalue weighted by molar-refractivity contribution is 6.33. The molecule has 0 unspecified atom stereocenters. The van der Waals surface area contributed by atoms with Crippen LogP contribution in [0.5, 0.6) is 0 Å². The fourth-order valence-corrected chi connectivity index (χ4v) is 2.92. The predicted octanol–water partition coefficient (Wildman–Crippen LogP) is 3.00. The number of nitrogens with zero attached hydrogens (tertiary/aromatic N) is 1. The Kier molecular flexibility index (Phi) is 3.36. The number of anilines is 1. The second kappa shape index (κ2) is 5.17. The Bertz CT molecular complexity index is 669. The zero-order chi connectivity index (χ0) is 14.1. The van der Waals surface area contributed by atoms with Gasteiger partial charge in [-0.3, -0.25) is 4.79 Å². The monoisotopic (exact) mass is 286 g/mol. The van der Waals surface area contributed by atoms with Gasteiger partial charge in [-0.15, -0.1) is 0 Å². The fraction of sp³-hybridized carbons (Fsp3) is 0.188. The lowest BCUT2D eigenvalue weighted by Crippen LogP contribution is -2.30. The molecule has 0 bridgehead atoms. The molecule has 0 fully saturated rings. The van der Waals surface area contributed by atoms with E-state index < -0.39 is 5.91 Å². The van der Waals surface area contributed by atoms with Crippen molar-refractivity contribution in [1.29, 1.82) is 0 Å². The van der Waals surface area contributed by atoms with Gasteiger partial charge < -0.3 is 10.6 Å². The number of primary amides is 1. The number of carbonyl (C=O) groups excluding carboxylic acids is 1. The molecule has 2 aromatic rings. The summed E-state index contributed by atoms with van der Waals surface area (Å²) in [7, 11) is 0. The number of hydrogen-bond donors (Lipinski definition) is 1. The maximum atomic E-state index is 11.2. The van der Waals surface area contributed by atoms with Crippen LogP contribution in [-0.2, 0) is 13.0 Å². The van der Waals surface area contributed by atoms with E-state index in [1.807, 2.05) is 6.07 Å². The van der Waals surface area contributed by atoms with Gasteiger partial charge in [-0.25, -0.2) is 0 Å². The van der Waals surface area contributed by atoms with Gasteiger partial charge in [0.2, 0.25) is 5.91 Å². The van der Waals surface area contributed by atoms with Crippen LogP contribution < -0.4 is 10.6 Å². The smallest absolute Gasteiger partial charge is 0.248 e. The molecule has 3 nitrogen and oxygen atoms in total. The van der Waals surface area contributed by atoms with Crippen molar-refractivity contribution in [3.05, 3.63) is 64.2 Å². The maximum absolute atomic E-state index is 11.2. The third-order valence-electron chi connectivity index (χ3n) is 3.70. The first-order valence-electron chi connectivity index (χ1n) is 6.56. The van der Waals surface area contributed by atoms with Gasteiger partial charge in [0, 0.05) is 18.7 Å². The molecule has 0 aromatic heterocycles. The summed E-state index contributed by atoms with van der Waals surface area (Å²) >= 11 is 6.28. The molecule has 0 atom stereocenters. The quantitative estimate of drug-likeness (QED) is 0.922. The molecule has 0 saturated heterocycles. The average molecular weight is 287 g/mol. The van der Waals surface area contributed by atoms with Crippen molar-refractivity contribution in [1.82, 2.24) is 0 Å². The van der Waals surface area contributed by atoms with E-state index in [-0.39, 0.29) is 0 Å².